The van der Waals surface area contributed by atoms with Gasteiger partial charge in [0.15, 0.2) is 0 Å². The molecule has 5 heteroatoms. The lowest BCUT2D eigenvalue weighted by atomic mass is 10.1. The lowest BCUT2D eigenvalue weighted by Crippen LogP contribution is -2.00. The Kier molecular flexibility index (Phi) is 2.84. The molecule has 2 aromatic rings. The second kappa shape index (κ2) is 4.01. The van der Waals surface area contributed by atoms with Crippen LogP contribution in [0.1, 0.15) is 5.56 Å². The van der Waals surface area contributed by atoms with E-state index in [1.54, 1.807) is 13.0 Å². The van der Waals surface area contributed by atoms with Gasteiger partial charge in [0.1, 0.15) is 4.90 Å². The Hall–Kier alpha value is -1.17. The number of thiophene rings is 1. The van der Waals surface area contributed by atoms with E-state index in [0.29, 0.717) is 5.56 Å². The van der Waals surface area contributed by atoms with E-state index in [1.165, 1.54) is 17.4 Å². The molecule has 1 aromatic heterocycles. The van der Waals surface area contributed by atoms with Gasteiger partial charge in [-0.3, -0.25) is 4.55 Å². The SMILES string of the molecule is Cc1ccc(-c2cccs2)c(S(=O)(=O)O)c1. The summed E-state index contributed by atoms with van der Waals surface area (Å²) in [5.41, 5.74) is 1.34. The standard InChI is InChI=1S/C11H10O3S2/c1-8-4-5-9(10-3-2-6-15-10)11(7-8)16(12,13)14/h2-7H,1H3,(H,12,13,14). The van der Waals surface area contributed by atoms with Crippen LogP contribution in [0.25, 0.3) is 10.4 Å². The summed E-state index contributed by atoms with van der Waals surface area (Å²) in [5, 5.41) is 1.86. The van der Waals surface area contributed by atoms with Crippen LogP contribution in [0.3, 0.4) is 0 Å². The minimum Gasteiger partial charge on any atom is -0.282 e. The van der Waals surface area contributed by atoms with Crippen molar-refractivity contribution in [3.8, 4) is 10.4 Å². The van der Waals surface area contributed by atoms with Crippen LogP contribution in [0, 0.1) is 6.92 Å². The molecule has 1 N–H and O–H groups in total. The highest BCUT2D eigenvalue weighted by atomic mass is 32.2. The molecule has 0 radical (unpaired) electrons. The number of benzene rings is 1. The van der Waals surface area contributed by atoms with Crippen LogP contribution in [-0.2, 0) is 10.1 Å². The molecule has 0 saturated heterocycles. The lowest BCUT2D eigenvalue weighted by molar-refractivity contribution is 0.483. The van der Waals surface area contributed by atoms with Crippen LogP contribution in [0.2, 0.25) is 0 Å². The molecule has 0 amide bonds. The third kappa shape index (κ3) is 2.16. The highest BCUT2D eigenvalue weighted by Gasteiger charge is 2.17. The third-order valence-electron chi connectivity index (χ3n) is 2.20. The number of hydrogen-bond donors (Lipinski definition) is 1. The predicted molar refractivity (Wildman–Crippen MR) is 64.3 cm³/mol. The van der Waals surface area contributed by atoms with E-state index in [2.05, 4.69) is 0 Å². The Morgan fingerprint density at radius 1 is 1.25 bits per heavy atom. The van der Waals surface area contributed by atoms with Gasteiger partial charge in [0.2, 0.25) is 0 Å². The monoisotopic (exact) mass is 254 g/mol. The Balaban J connectivity index is 2.72. The van der Waals surface area contributed by atoms with E-state index in [-0.39, 0.29) is 4.90 Å². The van der Waals surface area contributed by atoms with Crippen molar-refractivity contribution in [3.05, 3.63) is 41.3 Å². The number of hydrogen-bond acceptors (Lipinski definition) is 3. The summed E-state index contributed by atoms with van der Waals surface area (Å²) >= 11 is 1.44. The molecule has 0 bridgehead atoms. The van der Waals surface area contributed by atoms with Crippen LogP contribution in [0.15, 0.2) is 40.6 Å². The zero-order chi connectivity index (χ0) is 11.8. The summed E-state index contributed by atoms with van der Waals surface area (Å²) < 4.78 is 31.7. The van der Waals surface area contributed by atoms with Crippen LogP contribution < -0.4 is 0 Å². The van der Waals surface area contributed by atoms with Crippen molar-refractivity contribution in [2.24, 2.45) is 0 Å². The average molecular weight is 254 g/mol. The van der Waals surface area contributed by atoms with Gasteiger partial charge in [-0.1, -0.05) is 18.2 Å². The fourth-order valence-electron chi connectivity index (χ4n) is 1.48. The maximum Gasteiger partial charge on any atom is 0.295 e. The molecule has 0 aliphatic heterocycles. The van der Waals surface area contributed by atoms with Crippen LogP contribution in [0.4, 0.5) is 0 Å². The summed E-state index contributed by atoms with van der Waals surface area (Å²) in [4.78, 5) is 0.794. The van der Waals surface area contributed by atoms with Gasteiger partial charge < -0.3 is 0 Å². The molecule has 16 heavy (non-hydrogen) atoms. The van der Waals surface area contributed by atoms with Gasteiger partial charge in [-0.05, 0) is 30.0 Å². The fourth-order valence-corrected chi connectivity index (χ4v) is 3.10. The zero-order valence-electron chi connectivity index (χ0n) is 8.54. The summed E-state index contributed by atoms with van der Waals surface area (Å²) in [6.45, 7) is 1.78. The molecule has 0 unspecified atom stereocenters. The zero-order valence-corrected chi connectivity index (χ0v) is 10.2. The van der Waals surface area contributed by atoms with Crippen LogP contribution in [-0.4, -0.2) is 13.0 Å². The molecule has 0 spiro atoms. The Bertz CT molecular complexity index is 598. The smallest absolute Gasteiger partial charge is 0.282 e. The van der Waals surface area contributed by atoms with Crippen molar-refractivity contribution >= 4 is 21.5 Å². The summed E-state index contributed by atoms with van der Waals surface area (Å²) in [7, 11) is -4.18. The summed E-state index contributed by atoms with van der Waals surface area (Å²) in [6.07, 6.45) is 0. The van der Waals surface area contributed by atoms with Gasteiger partial charge in [0, 0.05) is 10.4 Å². The molecule has 1 heterocycles. The van der Waals surface area contributed by atoms with Crippen molar-refractivity contribution in [3.63, 3.8) is 0 Å². The van der Waals surface area contributed by atoms with E-state index in [0.717, 1.165) is 10.4 Å². The molecular weight excluding hydrogens is 244 g/mol. The molecule has 0 aliphatic rings. The summed E-state index contributed by atoms with van der Waals surface area (Å²) in [6, 6.07) is 8.68. The van der Waals surface area contributed by atoms with Crippen molar-refractivity contribution in [1.29, 1.82) is 0 Å². The Labute approximate surface area is 98.1 Å². The highest BCUT2D eigenvalue weighted by Crippen LogP contribution is 2.31. The molecule has 2 rings (SSSR count). The Morgan fingerprint density at radius 2 is 2.00 bits per heavy atom. The van der Waals surface area contributed by atoms with Gasteiger partial charge in [0.25, 0.3) is 10.1 Å². The molecule has 0 atom stereocenters. The van der Waals surface area contributed by atoms with Gasteiger partial charge in [0.05, 0.1) is 0 Å². The first-order chi connectivity index (χ1) is 7.48. The Morgan fingerprint density at radius 3 is 2.56 bits per heavy atom. The first-order valence-corrected chi connectivity index (χ1v) is 6.92. The van der Waals surface area contributed by atoms with Gasteiger partial charge >= 0.3 is 0 Å². The van der Waals surface area contributed by atoms with Gasteiger partial charge in [-0.2, -0.15) is 8.42 Å². The van der Waals surface area contributed by atoms with Crippen molar-refractivity contribution in [1.82, 2.24) is 0 Å². The van der Waals surface area contributed by atoms with Gasteiger partial charge in [-0.25, -0.2) is 0 Å². The van der Waals surface area contributed by atoms with Crippen LogP contribution in [0.5, 0.6) is 0 Å². The topological polar surface area (TPSA) is 54.4 Å². The summed E-state index contributed by atoms with van der Waals surface area (Å²) in [5.74, 6) is 0. The average Bonchev–Trinajstić information content (AvgIpc) is 2.69. The van der Waals surface area contributed by atoms with E-state index in [1.807, 2.05) is 23.6 Å². The van der Waals surface area contributed by atoms with Crippen molar-refractivity contribution in [2.75, 3.05) is 0 Å². The van der Waals surface area contributed by atoms with E-state index in [9.17, 15) is 8.42 Å². The molecule has 0 saturated carbocycles. The number of aryl methyl sites for hydroxylation is 1. The maximum atomic E-state index is 11.3. The fraction of sp³-hybridized carbons (Fsp3) is 0.0909. The first kappa shape index (κ1) is 11.3. The van der Waals surface area contributed by atoms with Crippen molar-refractivity contribution in [2.45, 2.75) is 11.8 Å². The molecular formula is C11H10O3S2. The second-order valence-corrected chi connectivity index (χ2v) is 5.79. The first-order valence-electron chi connectivity index (χ1n) is 4.60. The molecule has 3 nitrogen and oxygen atoms in total. The highest BCUT2D eigenvalue weighted by molar-refractivity contribution is 7.86. The quantitative estimate of drug-likeness (QED) is 0.838. The maximum absolute atomic E-state index is 11.3. The second-order valence-electron chi connectivity index (χ2n) is 3.45. The molecule has 0 fully saturated rings. The molecule has 0 aliphatic carbocycles. The predicted octanol–water partition coefficient (Wildman–Crippen LogP) is 2.97. The molecule has 1 aromatic carbocycles. The third-order valence-corrected chi connectivity index (χ3v) is 4.00. The van der Waals surface area contributed by atoms with Crippen molar-refractivity contribution < 1.29 is 13.0 Å². The normalized spacial score (nSPS) is 11.6. The lowest BCUT2D eigenvalue weighted by Gasteiger charge is -2.06. The minimum atomic E-state index is -4.18. The number of rotatable bonds is 2. The van der Waals surface area contributed by atoms with E-state index in [4.69, 9.17) is 4.55 Å². The largest absolute Gasteiger partial charge is 0.295 e. The minimum absolute atomic E-state index is 0.0325. The van der Waals surface area contributed by atoms with E-state index >= 15 is 0 Å². The molecule has 84 valence electrons. The van der Waals surface area contributed by atoms with E-state index < -0.39 is 10.1 Å². The van der Waals surface area contributed by atoms with Gasteiger partial charge in [-0.15, -0.1) is 11.3 Å². The van der Waals surface area contributed by atoms with Crippen LogP contribution >= 0.6 is 11.3 Å².